The fourth-order valence-corrected chi connectivity index (χ4v) is 4.23. The van der Waals surface area contributed by atoms with Gasteiger partial charge >= 0.3 is 0 Å². The lowest BCUT2D eigenvalue weighted by Gasteiger charge is -2.38. The van der Waals surface area contributed by atoms with Crippen LogP contribution in [0.5, 0.6) is 0 Å². The van der Waals surface area contributed by atoms with E-state index in [9.17, 15) is 0 Å². The normalized spacial score (nSPS) is 23.2. The van der Waals surface area contributed by atoms with Crippen LogP contribution in [-0.4, -0.2) is 6.04 Å². The summed E-state index contributed by atoms with van der Waals surface area (Å²) < 4.78 is 0. The van der Waals surface area contributed by atoms with Gasteiger partial charge in [0.15, 0.2) is 0 Å². The smallest absolute Gasteiger partial charge is 0.0927 e. The summed E-state index contributed by atoms with van der Waals surface area (Å²) in [6.07, 6.45) is 6.76. The van der Waals surface area contributed by atoms with Crippen molar-refractivity contribution >= 4 is 22.6 Å². The fourth-order valence-electron chi connectivity index (χ4n) is 4.23. The predicted octanol–water partition coefficient (Wildman–Crippen LogP) is 3.31. The highest BCUT2D eigenvalue weighted by atomic mass is 15.1. The Bertz CT molecular complexity index is 1040. The molecule has 2 aromatic rings. The SMILES string of the molecule is Cc1cccc2c1NC1C3=CC=CC(C)C3=c3ccccc3=C1N2. The molecule has 2 N–H and O–H groups in total. The molecule has 0 aromatic heterocycles. The Morgan fingerprint density at radius 1 is 0.958 bits per heavy atom. The topological polar surface area (TPSA) is 24.1 Å². The molecule has 2 aromatic carbocycles. The Morgan fingerprint density at radius 3 is 2.67 bits per heavy atom. The molecule has 5 rings (SSSR count). The summed E-state index contributed by atoms with van der Waals surface area (Å²) in [5, 5.41) is 10.2. The van der Waals surface area contributed by atoms with Crippen LogP contribution >= 0.6 is 0 Å². The Balaban J connectivity index is 1.87. The summed E-state index contributed by atoms with van der Waals surface area (Å²) in [5.74, 6) is 0.438. The third-order valence-electron chi connectivity index (χ3n) is 5.38. The van der Waals surface area contributed by atoms with E-state index in [-0.39, 0.29) is 6.04 Å². The maximum absolute atomic E-state index is 3.81. The molecule has 0 spiro atoms. The van der Waals surface area contributed by atoms with Crippen molar-refractivity contribution in [1.29, 1.82) is 0 Å². The van der Waals surface area contributed by atoms with Crippen molar-refractivity contribution in [3.05, 3.63) is 82.3 Å². The summed E-state index contributed by atoms with van der Waals surface area (Å²) in [4.78, 5) is 0. The number of fused-ring (bicyclic) bond motifs is 5. The van der Waals surface area contributed by atoms with Crippen molar-refractivity contribution in [3.8, 4) is 0 Å². The first-order valence-electron chi connectivity index (χ1n) is 8.59. The van der Waals surface area contributed by atoms with Gasteiger partial charge in [0.05, 0.1) is 23.1 Å². The van der Waals surface area contributed by atoms with Gasteiger partial charge in [-0.3, -0.25) is 0 Å². The molecule has 0 saturated heterocycles. The van der Waals surface area contributed by atoms with Crippen LogP contribution in [-0.2, 0) is 0 Å². The highest BCUT2D eigenvalue weighted by Gasteiger charge is 2.33. The van der Waals surface area contributed by atoms with Crippen molar-refractivity contribution in [3.63, 3.8) is 0 Å². The summed E-state index contributed by atoms with van der Waals surface area (Å²) in [5.41, 5.74) is 7.77. The van der Waals surface area contributed by atoms with Gasteiger partial charge in [-0.1, -0.05) is 61.5 Å². The minimum atomic E-state index is 0.191. The first-order valence-corrected chi connectivity index (χ1v) is 8.59. The molecule has 2 aliphatic carbocycles. The zero-order valence-corrected chi connectivity index (χ0v) is 13.9. The van der Waals surface area contributed by atoms with E-state index >= 15 is 0 Å². The van der Waals surface area contributed by atoms with Gasteiger partial charge in [-0.2, -0.15) is 0 Å². The number of benzene rings is 2. The largest absolute Gasteiger partial charge is 0.371 e. The van der Waals surface area contributed by atoms with Crippen LogP contribution in [0.4, 0.5) is 11.4 Å². The molecule has 3 aliphatic rings. The van der Waals surface area contributed by atoms with E-state index in [1.807, 2.05) is 0 Å². The Kier molecular flexibility index (Phi) is 2.78. The van der Waals surface area contributed by atoms with Crippen LogP contribution in [0.2, 0.25) is 0 Å². The van der Waals surface area contributed by atoms with Gasteiger partial charge in [-0.05, 0) is 34.9 Å². The van der Waals surface area contributed by atoms with E-state index < -0.39 is 0 Å². The Hall–Kier alpha value is -2.74. The summed E-state index contributed by atoms with van der Waals surface area (Å²) in [6.45, 7) is 4.45. The number of aryl methyl sites for hydroxylation is 1. The zero-order chi connectivity index (χ0) is 16.3. The Morgan fingerprint density at radius 2 is 1.79 bits per heavy atom. The summed E-state index contributed by atoms with van der Waals surface area (Å²) in [7, 11) is 0. The number of hydrogen-bond donors (Lipinski definition) is 2. The predicted molar refractivity (Wildman–Crippen MR) is 101 cm³/mol. The molecule has 0 radical (unpaired) electrons. The lowest BCUT2D eigenvalue weighted by molar-refractivity contribution is 0.893. The molecule has 2 atom stereocenters. The van der Waals surface area contributed by atoms with E-state index in [1.54, 1.807) is 0 Å². The van der Waals surface area contributed by atoms with Crippen molar-refractivity contribution in [2.45, 2.75) is 19.9 Å². The molecule has 0 fully saturated rings. The molecule has 0 saturated carbocycles. The molecule has 0 amide bonds. The average molecular weight is 312 g/mol. The summed E-state index contributed by atoms with van der Waals surface area (Å²) in [6, 6.07) is 15.4. The third kappa shape index (κ3) is 1.77. The van der Waals surface area contributed by atoms with Crippen LogP contribution in [0.3, 0.4) is 0 Å². The van der Waals surface area contributed by atoms with Gasteiger partial charge in [0.1, 0.15) is 0 Å². The average Bonchev–Trinajstić information content (AvgIpc) is 2.61. The minimum absolute atomic E-state index is 0.191. The van der Waals surface area contributed by atoms with E-state index in [2.05, 4.69) is 85.2 Å². The second-order valence-electron chi connectivity index (χ2n) is 6.87. The van der Waals surface area contributed by atoms with Crippen LogP contribution in [0.25, 0.3) is 11.3 Å². The quantitative estimate of drug-likeness (QED) is 0.780. The van der Waals surface area contributed by atoms with Gasteiger partial charge in [0.2, 0.25) is 0 Å². The first kappa shape index (κ1) is 13.7. The van der Waals surface area contributed by atoms with E-state index in [0.717, 1.165) is 0 Å². The molecule has 0 bridgehead atoms. The molecule has 1 aliphatic heterocycles. The molecule has 2 nitrogen and oxygen atoms in total. The van der Waals surface area contributed by atoms with E-state index in [1.165, 1.54) is 44.2 Å². The number of para-hydroxylation sites is 1. The second kappa shape index (κ2) is 4.88. The number of allylic oxidation sites excluding steroid dienone is 3. The molecule has 1 heterocycles. The fraction of sp³-hybridized carbons (Fsp3) is 0.182. The molecule has 24 heavy (non-hydrogen) atoms. The van der Waals surface area contributed by atoms with Crippen LogP contribution in [0.1, 0.15) is 12.5 Å². The van der Waals surface area contributed by atoms with Crippen LogP contribution in [0.15, 0.2) is 66.3 Å². The van der Waals surface area contributed by atoms with Gasteiger partial charge in [0.25, 0.3) is 0 Å². The lowest BCUT2D eigenvalue weighted by Crippen LogP contribution is -2.47. The molecule has 2 unspecified atom stereocenters. The standard InChI is InChI=1S/C22H20N2/c1-13-7-5-11-17-19(13)15-9-3-4-10-16(15)21-22(17)24-20-14(2)8-6-12-18(20)23-21/h3-13,22-24H,1-2H3. The van der Waals surface area contributed by atoms with Crippen LogP contribution < -0.4 is 21.1 Å². The molecular weight excluding hydrogens is 292 g/mol. The minimum Gasteiger partial charge on any atom is -0.371 e. The van der Waals surface area contributed by atoms with Gasteiger partial charge < -0.3 is 10.6 Å². The summed E-state index contributed by atoms with van der Waals surface area (Å²) >= 11 is 0. The first-order chi connectivity index (χ1) is 11.7. The van der Waals surface area contributed by atoms with Crippen molar-refractivity contribution in [2.75, 3.05) is 10.6 Å². The van der Waals surface area contributed by atoms with Crippen molar-refractivity contribution in [1.82, 2.24) is 0 Å². The number of nitrogens with one attached hydrogen (secondary N) is 2. The third-order valence-corrected chi connectivity index (χ3v) is 5.38. The molecule has 118 valence electrons. The highest BCUT2D eigenvalue weighted by Crippen LogP contribution is 2.40. The monoisotopic (exact) mass is 312 g/mol. The lowest BCUT2D eigenvalue weighted by atomic mass is 9.78. The van der Waals surface area contributed by atoms with Crippen molar-refractivity contribution < 1.29 is 0 Å². The second-order valence-corrected chi connectivity index (χ2v) is 6.87. The molecule has 2 heteroatoms. The zero-order valence-electron chi connectivity index (χ0n) is 13.9. The van der Waals surface area contributed by atoms with Gasteiger partial charge in [0, 0.05) is 11.1 Å². The van der Waals surface area contributed by atoms with Gasteiger partial charge in [-0.25, -0.2) is 0 Å². The number of anilines is 2. The number of hydrogen-bond acceptors (Lipinski definition) is 2. The van der Waals surface area contributed by atoms with Gasteiger partial charge in [-0.15, -0.1) is 0 Å². The molecular formula is C22H20N2. The highest BCUT2D eigenvalue weighted by molar-refractivity contribution is 5.93. The van der Waals surface area contributed by atoms with E-state index in [0.29, 0.717) is 5.92 Å². The van der Waals surface area contributed by atoms with Crippen LogP contribution in [0, 0.1) is 12.8 Å². The maximum Gasteiger partial charge on any atom is 0.0927 e. The maximum atomic E-state index is 3.81. The van der Waals surface area contributed by atoms with Crippen molar-refractivity contribution in [2.24, 2.45) is 5.92 Å². The van der Waals surface area contributed by atoms with E-state index in [4.69, 9.17) is 0 Å². The number of rotatable bonds is 0. The Labute approximate surface area is 141 Å².